The molecular formula is C19H22N4. The van der Waals surface area contributed by atoms with Gasteiger partial charge in [0.2, 0.25) is 0 Å². The maximum absolute atomic E-state index is 4.94. The first-order valence-electron chi connectivity index (χ1n) is 8.12. The number of pyridine rings is 1. The third-order valence-corrected chi connectivity index (χ3v) is 4.49. The number of anilines is 1. The van der Waals surface area contributed by atoms with Crippen molar-refractivity contribution in [3.63, 3.8) is 0 Å². The van der Waals surface area contributed by atoms with E-state index in [4.69, 9.17) is 4.98 Å². The Hall–Kier alpha value is -2.33. The van der Waals surface area contributed by atoms with Crippen LogP contribution < -0.4 is 5.32 Å². The molecule has 0 unspecified atom stereocenters. The summed E-state index contributed by atoms with van der Waals surface area (Å²) < 4.78 is 2.28. The number of aryl methyl sites for hydroxylation is 1. The van der Waals surface area contributed by atoms with Gasteiger partial charge < -0.3 is 10.2 Å². The Morgan fingerprint density at radius 1 is 1.22 bits per heavy atom. The van der Waals surface area contributed by atoms with E-state index in [9.17, 15) is 0 Å². The molecule has 23 heavy (non-hydrogen) atoms. The summed E-state index contributed by atoms with van der Waals surface area (Å²) in [6.45, 7) is 4.05. The van der Waals surface area contributed by atoms with E-state index in [1.807, 2.05) is 0 Å². The Morgan fingerprint density at radius 3 is 2.91 bits per heavy atom. The molecule has 0 fully saturated rings. The fourth-order valence-electron chi connectivity index (χ4n) is 3.46. The molecule has 118 valence electrons. The van der Waals surface area contributed by atoms with Gasteiger partial charge in [-0.05, 0) is 57.3 Å². The van der Waals surface area contributed by atoms with E-state index in [-0.39, 0.29) is 0 Å². The smallest absolute Gasteiger partial charge is 0.137 e. The lowest BCUT2D eigenvalue weighted by Gasteiger charge is -2.13. The summed E-state index contributed by atoms with van der Waals surface area (Å²) in [7, 11) is 4.21. The largest absolute Gasteiger partial charge is 0.384 e. The van der Waals surface area contributed by atoms with Gasteiger partial charge in [-0.25, -0.2) is 4.98 Å². The van der Waals surface area contributed by atoms with Crippen molar-refractivity contribution in [2.75, 3.05) is 26.0 Å². The van der Waals surface area contributed by atoms with Crippen LogP contribution in [0.5, 0.6) is 0 Å². The van der Waals surface area contributed by atoms with E-state index in [0.29, 0.717) is 0 Å². The number of nitrogens with zero attached hydrogens (tertiary/aromatic N) is 3. The molecular weight excluding hydrogens is 284 g/mol. The van der Waals surface area contributed by atoms with Crippen molar-refractivity contribution in [3.05, 3.63) is 53.3 Å². The predicted molar refractivity (Wildman–Crippen MR) is 94.9 cm³/mol. The molecule has 1 N–H and O–H groups in total. The first-order chi connectivity index (χ1) is 11.1. The molecule has 3 aromatic rings. The van der Waals surface area contributed by atoms with Crippen LogP contribution in [0, 0.1) is 6.92 Å². The Balaban J connectivity index is 1.93. The Morgan fingerprint density at radius 2 is 2.09 bits per heavy atom. The highest BCUT2D eigenvalue weighted by Crippen LogP contribution is 2.31. The van der Waals surface area contributed by atoms with Crippen LogP contribution in [0.25, 0.3) is 16.9 Å². The van der Waals surface area contributed by atoms with Crippen molar-refractivity contribution >= 4 is 11.3 Å². The average molecular weight is 306 g/mol. The second kappa shape index (κ2) is 5.39. The van der Waals surface area contributed by atoms with Gasteiger partial charge in [-0.1, -0.05) is 12.1 Å². The van der Waals surface area contributed by atoms with Crippen LogP contribution in [-0.4, -0.2) is 34.9 Å². The molecule has 0 aliphatic carbocycles. The molecule has 0 bridgehead atoms. The SMILES string of the molecule is Cc1cccc2nc(-c3ccc4c(c3)CCN4)c(CN(C)C)n12. The van der Waals surface area contributed by atoms with Crippen LogP contribution >= 0.6 is 0 Å². The van der Waals surface area contributed by atoms with Gasteiger partial charge in [0.15, 0.2) is 0 Å². The summed E-state index contributed by atoms with van der Waals surface area (Å²) in [5.41, 5.74) is 8.48. The van der Waals surface area contributed by atoms with Gasteiger partial charge in [-0.15, -0.1) is 0 Å². The third kappa shape index (κ3) is 2.39. The minimum atomic E-state index is 0.872. The maximum Gasteiger partial charge on any atom is 0.137 e. The molecule has 0 spiro atoms. The van der Waals surface area contributed by atoms with Gasteiger partial charge in [-0.2, -0.15) is 0 Å². The molecule has 0 saturated carbocycles. The van der Waals surface area contributed by atoms with Crippen LogP contribution in [0.2, 0.25) is 0 Å². The molecule has 2 aromatic heterocycles. The van der Waals surface area contributed by atoms with E-state index in [0.717, 1.165) is 30.9 Å². The number of fused-ring (bicyclic) bond motifs is 2. The molecule has 1 aliphatic heterocycles. The van der Waals surface area contributed by atoms with Crippen molar-refractivity contribution in [2.24, 2.45) is 0 Å². The summed E-state index contributed by atoms with van der Waals surface area (Å²) in [5.74, 6) is 0. The van der Waals surface area contributed by atoms with E-state index in [1.165, 1.54) is 28.2 Å². The van der Waals surface area contributed by atoms with Gasteiger partial charge >= 0.3 is 0 Å². The summed E-state index contributed by atoms with van der Waals surface area (Å²) in [4.78, 5) is 7.14. The fraction of sp³-hybridized carbons (Fsp3) is 0.316. The van der Waals surface area contributed by atoms with E-state index >= 15 is 0 Å². The summed E-state index contributed by atoms with van der Waals surface area (Å²) in [6, 6.07) is 13.0. The van der Waals surface area contributed by atoms with Gasteiger partial charge in [0.1, 0.15) is 5.65 Å². The predicted octanol–water partition coefficient (Wildman–Crippen LogP) is 3.34. The van der Waals surface area contributed by atoms with Crippen molar-refractivity contribution in [1.29, 1.82) is 0 Å². The number of nitrogens with one attached hydrogen (secondary N) is 1. The van der Waals surface area contributed by atoms with Crippen molar-refractivity contribution in [1.82, 2.24) is 14.3 Å². The molecule has 3 heterocycles. The standard InChI is InChI=1S/C19H22N4/c1-13-5-4-6-18-21-19(17(23(13)18)12-22(2)3)15-7-8-16-14(11-15)9-10-20-16/h4-8,11,20H,9-10,12H2,1-3H3. The fourth-order valence-corrected chi connectivity index (χ4v) is 3.46. The van der Waals surface area contributed by atoms with E-state index < -0.39 is 0 Å². The van der Waals surface area contributed by atoms with Crippen LogP contribution in [-0.2, 0) is 13.0 Å². The average Bonchev–Trinajstić information content (AvgIpc) is 3.11. The van der Waals surface area contributed by atoms with Crippen LogP contribution in [0.4, 0.5) is 5.69 Å². The van der Waals surface area contributed by atoms with Crippen molar-refractivity contribution < 1.29 is 0 Å². The molecule has 1 aliphatic rings. The van der Waals surface area contributed by atoms with Crippen LogP contribution in [0.15, 0.2) is 36.4 Å². The Bertz CT molecular complexity index is 876. The molecule has 0 saturated heterocycles. The molecule has 4 heteroatoms. The first kappa shape index (κ1) is 14.3. The Kier molecular flexibility index (Phi) is 3.34. The summed E-state index contributed by atoms with van der Waals surface area (Å²) >= 11 is 0. The first-order valence-corrected chi connectivity index (χ1v) is 8.12. The van der Waals surface area contributed by atoms with Gasteiger partial charge in [0.25, 0.3) is 0 Å². The highest BCUT2D eigenvalue weighted by molar-refractivity contribution is 5.71. The van der Waals surface area contributed by atoms with Crippen LogP contribution in [0.3, 0.4) is 0 Å². The number of hydrogen-bond donors (Lipinski definition) is 1. The number of imidazole rings is 1. The zero-order valence-electron chi connectivity index (χ0n) is 13.9. The topological polar surface area (TPSA) is 32.6 Å². The quantitative estimate of drug-likeness (QED) is 0.805. The molecule has 1 aromatic carbocycles. The lowest BCUT2D eigenvalue weighted by atomic mass is 10.0. The number of rotatable bonds is 3. The second-order valence-electron chi connectivity index (χ2n) is 6.55. The normalized spacial score (nSPS) is 13.6. The molecule has 0 amide bonds. The zero-order chi connectivity index (χ0) is 16.0. The van der Waals surface area contributed by atoms with Crippen molar-refractivity contribution in [2.45, 2.75) is 19.9 Å². The van der Waals surface area contributed by atoms with Gasteiger partial charge in [0, 0.05) is 30.0 Å². The molecule has 0 atom stereocenters. The number of hydrogen-bond acceptors (Lipinski definition) is 3. The molecule has 0 radical (unpaired) electrons. The van der Waals surface area contributed by atoms with Crippen molar-refractivity contribution in [3.8, 4) is 11.3 Å². The Labute approximate surface area is 136 Å². The van der Waals surface area contributed by atoms with E-state index in [2.05, 4.69) is 72.0 Å². The highest BCUT2D eigenvalue weighted by atomic mass is 15.1. The van der Waals surface area contributed by atoms with Gasteiger partial charge in [-0.3, -0.25) is 4.40 Å². The third-order valence-electron chi connectivity index (χ3n) is 4.49. The summed E-state index contributed by atoms with van der Waals surface area (Å²) in [5, 5.41) is 3.43. The molecule has 4 rings (SSSR count). The minimum Gasteiger partial charge on any atom is -0.384 e. The monoisotopic (exact) mass is 306 g/mol. The number of aromatic nitrogens is 2. The number of benzene rings is 1. The van der Waals surface area contributed by atoms with E-state index in [1.54, 1.807) is 0 Å². The highest BCUT2D eigenvalue weighted by Gasteiger charge is 2.18. The lowest BCUT2D eigenvalue weighted by molar-refractivity contribution is 0.396. The van der Waals surface area contributed by atoms with Crippen LogP contribution in [0.1, 0.15) is 17.0 Å². The maximum atomic E-state index is 4.94. The second-order valence-corrected chi connectivity index (χ2v) is 6.55. The van der Waals surface area contributed by atoms with Gasteiger partial charge in [0.05, 0.1) is 11.4 Å². The lowest BCUT2D eigenvalue weighted by Crippen LogP contribution is -2.13. The molecule has 4 nitrogen and oxygen atoms in total. The summed E-state index contributed by atoms with van der Waals surface area (Å²) in [6.07, 6.45) is 1.10. The zero-order valence-corrected chi connectivity index (χ0v) is 13.9. The minimum absolute atomic E-state index is 0.872.